The van der Waals surface area contributed by atoms with Gasteiger partial charge in [0.1, 0.15) is 14.6 Å². The molecule has 1 aromatic carbocycles. The van der Waals surface area contributed by atoms with Gasteiger partial charge in [0.25, 0.3) is 0 Å². The molecule has 0 spiro atoms. The van der Waals surface area contributed by atoms with E-state index in [1.165, 1.54) is 17.3 Å². The van der Waals surface area contributed by atoms with Crippen LogP contribution in [0.3, 0.4) is 0 Å². The monoisotopic (exact) mass is 236 g/mol. The molecule has 0 unspecified atom stereocenters. The summed E-state index contributed by atoms with van der Waals surface area (Å²) in [5.41, 5.74) is 2.83. The third-order valence-electron chi connectivity index (χ3n) is 2.60. The molecule has 0 aliphatic heterocycles. The fraction of sp³-hybridized carbons (Fsp3) is 0.571. The van der Waals surface area contributed by atoms with Crippen molar-refractivity contribution in [2.45, 2.75) is 33.1 Å². The Morgan fingerprint density at radius 1 is 1.12 bits per heavy atom. The largest absolute Gasteiger partial charge is 0.328 e. The summed E-state index contributed by atoms with van der Waals surface area (Å²) in [5.74, 6) is 0. The van der Waals surface area contributed by atoms with Crippen LogP contribution in [0.4, 0.5) is 0 Å². The maximum Gasteiger partial charge on any atom is 0.110 e. The number of aryl methyl sites for hydroxylation is 1. The topological polar surface area (TPSA) is 0 Å². The smallest absolute Gasteiger partial charge is 0.110 e. The maximum atomic E-state index is 2.45. The van der Waals surface area contributed by atoms with Crippen LogP contribution in [0, 0.1) is 6.92 Å². The lowest BCUT2D eigenvalue weighted by Crippen LogP contribution is -2.49. The summed E-state index contributed by atoms with van der Waals surface area (Å²) in [6.07, 6.45) is 1.33. The second kappa shape index (κ2) is 4.72. The van der Waals surface area contributed by atoms with Crippen LogP contribution in [0.15, 0.2) is 24.3 Å². The van der Waals surface area contributed by atoms with E-state index in [1.807, 2.05) is 0 Å². The molecule has 0 saturated carbocycles. The van der Waals surface area contributed by atoms with Gasteiger partial charge in [0.05, 0.1) is 20.3 Å². The minimum Gasteiger partial charge on any atom is -0.328 e. The number of rotatable bonds is 4. The van der Waals surface area contributed by atoms with E-state index >= 15 is 0 Å². The average molecular weight is 236 g/mol. The number of hydrogen-bond donors (Lipinski definition) is 0. The molecule has 16 heavy (non-hydrogen) atoms. The van der Waals surface area contributed by atoms with E-state index < -0.39 is 8.07 Å². The fourth-order valence-electron chi connectivity index (χ4n) is 2.64. The zero-order valence-corrected chi connectivity index (χ0v) is 12.7. The van der Waals surface area contributed by atoms with E-state index in [1.54, 1.807) is 0 Å². The predicted molar refractivity (Wildman–Crippen MR) is 75.2 cm³/mol. The molecule has 1 aromatic rings. The predicted octanol–water partition coefficient (Wildman–Crippen LogP) is 3.45. The molecule has 0 radical (unpaired) electrons. The van der Waals surface area contributed by atoms with Crippen LogP contribution in [0.25, 0.3) is 0 Å². The van der Waals surface area contributed by atoms with Gasteiger partial charge in [0, 0.05) is 5.56 Å². The molecule has 0 saturated heterocycles. The van der Waals surface area contributed by atoms with E-state index in [9.17, 15) is 0 Å². The Balaban J connectivity index is 2.72. The maximum absolute atomic E-state index is 2.45. The van der Waals surface area contributed by atoms with Gasteiger partial charge in [-0.1, -0.05) is 49.5 Å². The van der Waals surface area contributed by atoms with Crippen molar-refractivity contribution in [1.29, 1.82) is 0 Å². The first-order valence-electron chi connectivity index (χ1n) is 6.06. The summed E-state index contributed by atoms with van der Waals surface area (Å²) in [6, 6.07) is 8.89. The lowest BCUT2D eigenvalue weighted by molar-refractivity contribution is -0.894. The Morgan fingerprint density at radius 2 is 1.75 bits per heavy atom. The lowest BCUT2D eigenvalue weighted by Gasteiger charge is -2.35. The molecular weight excluding hydrogens is 210 g/mol. The lowest BCUT2D eigenvalue weighted by atomic mass is 10.1. The van der Waals surface area contributed by atoms with Crippen molar-refractivity contribution >= 4 is 8.07 Å². The van der Waals surface area contributed by atoms with Gasteiger partial charge in [-0.25, -0.2) is 0 Å². The number of nitrogens with zero attached hydrogens (tertiary/aromatic N) is 1. The van der Waals surface area contributed by atoms with Gasteiger partial charge in [-0.3, -0.25) is 0 Å². The second-order valence-corrected chi connectivity index (χ2v) is 12.2. The molecule has 0 aliphatic rings. The van der Waals surface area contributed by atoms with E-state index in [0.717, 1.165) is 11.0 Å². The molecule has 0 aliphatic carbocycles. The molecule has 0 N–H and O–H groups in total. The molecule has 1 nitrogen and oxygen atoms in total. The summed E-state index contributed by atoms with van der Waals surface area (Å²) in [4.78, 5) is 0. The molecule has 1 rings (SSSR count). The number of hydrogen-bond acceptors (Lipinski definition) is 0. The molecular formula is C14H26NSi+. The quantitative estimate of drug-likeness (QED) is 0.555. The highest BCUT2D eigenvalue weighted by Gasteiger charge is 2.26. The van der Waals surface area contributed by atoms with Crippen molar-refractivity contribution in [2.75, 3.05) is 20.3 Å². The Bertz CT molecular complexity index is 350. The Hall–Kier alpha value is -0.603. The summed E-state index contributed by atoms with van der Waals surface area (Å²) < 4.78 is 1.11. The molecule has 0 fully saturated rings. The van der Waals surface area contributed by atoms with E-state index in [0.29, 0.717) is 0 Å². The van der Waals surface area contributed by atoms with Crippen LogP contribution in [0.5, 0.6) is 0 Å². The van der Waals surface area contributed by atoms with Crippen LogP contribution in [-0.4, -0.2) is 32.8 Å². The summed E-state index contributed by atoms with van der Waals surface area (Å²) >= 11 is 0. The minimum absolute atomic E-state index is 0.988. The number of quaternary nitrogens is 1. The SMILES string of the molecule is Cc1cccc(C[N+](C)(C)C[Si](C)(C)C)c1. The van der Waals surface area contributed by atoms with Crippen molar-refractivity contribution in [3.05, 3.63) is 35.4 Å². The molecule has 0 amide bonds. The van der Waals surface area contributed by atoms with Crippen molar-refractivity contribution in [3.63, 3.8) is 0 Å². The highest BCUT2D eigenvalue weighted by atomic mass is 28.3. The van der Waals surface area contributed by atoms with Gasteiger partial charge in [-0.15, -0.1) is 0 Å². The molecule has 90 valence electrons. The molecule has 0 atom stereocenters. The van der Waals surface area contributed by atoms with Crippen LogP contribution in [0.1, 0.15) is 11.1 Å². The van der Waals surface area contributed by atoms with Crippen molar-refractivity contribution < 1.29 is 4.48 Å². The van der Waals surface area contributed by atoms with Crippen molar-refractivity contribution in [1.82, 2.24) is 0 Å². The van der Waals surface area contributed by atoms with Gasteiger partial charge in [0.15, 0.2) is 0 Å². The van der Waals surface area contributed by atoms with Crippen LogP contribution in [0.2, 0.25) is 19.6 Å². The van der Waals surface area contributed by atoms with E-state index in [-0.39, 0.29) is 0 Å². The highest BCUT2D eigenvalue weighted by molar-refractivity contribution is 6.75. The molecule has 0 bridgehead atoms. The van der Waals surface area contributed by atoms with Gasteiger partial charge in [0.2, 0.25) is 0 Å². The van der Waals surface area contributed by atoms with Gasteiger partial charge >= 0.3 is 0 Å². The molecule has 0 aromatic heterocycles. The number of benzene rings is 1. The van der Waals surface area contributed by atoms with Crippen LogP contribution in [-0.2, 0) is 6.54 Å². The van der Waals surface area contributed by atoms with Crippen LogP contribution >= 0.6 is 0 Å². The summed E-state index contributed by atoms with van der Waals surface area (Å²) in [5, 5.41) is 0. The minimum atomic E-state index is -0.988. The highest BCUT2D eigenvalue weighted by Crippen LogP contribution is 2.15. The zero-order chi connectivity index (χ0) is 12.4. The zero-order valence-electron chi connectivity index (χ0n) is 11.7. The fourth-order valence-corrected chi connectivity index (χ4v) is 5.32. The van der Waals surface area contributed by atoms with Crippen molar-refractivity contribution in [2.24, 2.45) is 0 Å². The Labute approximate surface area is 102 Å². The Morgan fingerprint density at radius 3 is 2.25 bits per heavy atom. The van der Waals surface area contributed by atoms with E-state index in [4.69, 9.17) is 0 Å². The summed E-state index contributed by atoms with van der Waals surface area (Å²) in [7, 11) is 3.71. The first kappa shape index (κ1) is 13.5. The average Bonchev–Trinajstić information content (AvgIpc) is 1.96. The standard InChI is InChI=1S/C14H26NSi/c1-13-8-7-9-14(10-13)11-15(2,3)12-16(4,5)6/h7-10H,11-12H2,1-6H3/q+1. The third-order valence-corrected chi connectivity index (χ3v) is 4.40. The van der Waals surface area contributed by atoms with Gasteiger partial charge < -0.3 is 4.48 Å². The first-order chi connectivity index (χ1) is 7.18. The second-order valence-electron chi connectivity index (χ2n) is 6.80. The van der Waals surface area contributed by atoms with Gasteiger partial charge in [-0.05, 0) is 6.92 Å². The summed E-state index contributed by atoms with van der Waals surface area (Å²) in [6.45, 7) is 10.7. The molecule has 0 heterocycles. The van der Waals surface area contributed by atoms with E-state index in [2.05, 4.69) is 64.9 Å². The Kier molecular flexibility index (Phi) is 3.97. The molecule has 2 heteroatoms. The first-order valence-corrected chi connectivity index (χ1v) is 9.76. The normalized spacial score (nSPS) is 12.9. The van der Waals surface area contributed by atoms with Crippen molar-refractivity contribution in [3.8, 4) is 0 Å². The van der Waals surface area contributed by atoms with Crippen LogP contribution < -0.4 is 0 Å². The van der Waals surface area contributed by atoms with Gasteiger partial charge in [-0.2, -0.15) is 0 Å². The third kappa shape index (κ3) is 4.95.